The summed E-state index contributed by atoms with van der Waals surface area (Å²) in [5.74, 6) is 2.20. The predicted molar refractivity (Wildman–Crippen MR) is 81.0 cm³/mol. The Kier molecular flexibility index (Phi) is 5.02. The van der Waals surface area contributed by atoms with Crippen LogP contribution in [0.25, 0.3) is 0 Å². The Morgan fingerprint density at radius 3 is 2.63 bits per heavy atom. The molecule has 0 aromatic heterocycles. The Balaban J connectivity index is 2.06. The van der Waals surface area contributed by atoms with Crippen LogP contribution >= 0.6 is 12.2 Å². The van der Waals surface area contributed by atoms with E-state index < -0.39 is 0 Å². The highest BCUT2D eigenvalue weighted by molar-refractivity contribution is 7.80. The van der Waals surface area contributed by atoms with Gasteiger partial charge in [-0.1, -0.05) is 25.1 Å². The average molecular weight is 279 g/mol. The van der Waals surface area contributed by atoms with Crippen molar-refractivity contribution in [2.24, 2.45) is 11.7 Å². The fourth-order valence-electron chi connectivity index (χ4n) is 2.43. The van der Waals surface area contributed by atoms with Gasteiger partial charge in [-0.2, -0.15) is 0 Å². The van der Waals surface area contributed by atoms with Crippen molar-refractivity contribution < 1.29 is 9.47 Å². The molecule has 1 fully saturated rings. The van der Waals surface area contributed by atoms with E-state index >= 15 is 0 Å². The summed E-state index contributed by atoms with van der Waals surface area (Å²) < 4.78 is 11.5. The monoisotopic (exact) mass is 279 g/mol. The Labute approximate surface area is 120 Å². The van der Waals surface area contributed by atoms with Crippen LogP contribution in [0.5, 0.6) is 11.5 Å². The first-order valence-corrected chi connectivity index (χ1v) is 7.31. The lowest BCUT2D eigenvalue weighted by molar-refractivity contribution is 0.234. The lowest BCUT2D eigenvalue weighted by atomic mass is 10.1. The fraction of sp³-hybridized carbons (Fsp3) is 0.533. The molecule has 2 N–H and O–H groups in total. The first-order valence-electron chi connectivity index (χ1n) is 6.90. The van der Waals surface area contributed by atoms with Crippen LogP contribution in [-0.4, -0.2) is 18.2 Å². The van der Waals surface area contributed by atoms with Crippen LogP contribution in [0, 0.1) is 5.92 Å². The van der Waals surface area contributed by atoms with E-state index in [1.165, 1.54) is 25.7 Å². The van der Waals surface area contributed by atoms with Gasteiger partial charge in [-0.05, 0) is 43.9 Å². The molecule has 0 unspecified atom stereocenters. The average Bonchev–Trinajstić information content (AvgIpc) is 2.90. The molecule has 0 radical (unpaired) electrons. The zero-order chi connectivity index (χ0) is 13.7. The van der Waals surface area contributed by atoms with Crippen LogP contribution in [0.2, 0.25) is 0 Å². The van der Waals surface area contributed by atoms with E-state index in [0.29, 0.717) is 17.5 Å². The second kappa shape index (κ2) is 6.75. The Morgan fingerprint density at radius 2 is 2.00 bits per heavy atom. The summed E-state index contributed by atoms with van der Waals surface area (Å²) in [6.45, 7) is 3.32. The molecule has 1 aliphatic rings. The van der Waals surface area contributed by atoms with Crippen LogP contribution < -0.4 is 15.2 Å². The molecule has 1 aliphatic carbocycles. The van der Waals surface area contributed by atoms with Gasteiger partial charge in [-0.3, -0.25) is 0 Å². The molecule has 3 nitrogen and oxygen atoms in total. The third kappa shape index (κ3) is 3.83. The number of hydrogen-bond acceptors (Lipinski definition) is 3. The molecule has 0 amide bonds. The number of hydrogen-bond donors (Lipinski definition) is 1. The van der Waals surface area contributed by atoms with E-state index in [1.807, 2.05) is 25.1 Å². The van der Waals surface area contributed by atoms with Crippen LogP contribution in [0.1, 0.15) is 38.2 Å². The lowest BCUT2D eigenvalue weighted by Crippen LogP contribution is -2.11. The largest absolute Gasteiger partial charge is 0.490 e. The van der Waals surface area contributed by atoms with Crippen LogP contribution in [0.3, 0.4) is 0 Å². The molecule has 0 spiro atoms. The van der Waals surface area contributed by atoms with Gasteiger partial charge in [0.2, 0.25) is 0 Å². The van der Waals surface area contributed by atoms with E-state index in [-0.39, 0.29) is 0 Å². The highest BCUT2D eigenvalue weighted by Crippen LogP contribution is 2.31. The first kappa shape index (κ1) is 14.1. The second-order valence-electron chi connectivity index (χ2n) is 4.92. The highest BCUT2D eigenvalue weighted by Gasteiger charge is 2.16. The van der Waals surface area contributed by atoms with Gasteiger partial charge in [0, 0.05) is 5.56 Å². The number of benzene rings is 1. The van der Waals surface area contributed by atoms with E-state index in [4.69, 9.17) is 27.4 Å². The maximum absolute atomic E-state index is 5.90. The molecule has 19 heavy (non-hydrogen) atoms. The topological polar surface area (TPSA) is 44.5 Å². The maximum atomic E-state index is 5.90. The second-order valence-corrected chi connectivity index (χ2v) is 5.36. The maximum Gasteiger partial charge on any atom is 0.161 e. The van der Waals surface area contributed by atoms with E-state index in [1.54, 1.807) is 0 Å². The van der Waals surface area contributed by atoms with Gasteiger partial charge in [-0.15, -0.1) is 0 Å². The zero-order valence-corrected chi connectivity index (χ0v) is 12.2. The Bertz CT molecular complexity index is 442. The minimum absolute atomic E-state index is 0.378. The van der Waals surface area contributed by atoms with E-state index in [0.717, 1.165) is 23.7 Å². The van der Waals surface area contributed by atoms with Crippen molar-refractivity contribution in [1.82, 2.24) is 0 Å². The lowest BCUT2D eigenvalue weighted by Gasteiger charge is -2.15. The highest BCUT2D eigenvalue weighted by atomic mass is 32.1. The van der Waals surface area contributed by atoms with Crippen molar-refractivity contribution in [1.29, 1.82) is 0 Å². The molecule has 0 aliphatic heterocycles. The zero-order valence-electron chi connectivity index (χ0n) is 11.4. The van der Waals surface area contributed by atoms with Crippen LogP contribution in [-0.2, 0) is 0 Å². The van der Waals surface area contributed by atoms with Crippen molar-refractivity contribution in [3.63, 3.8) is 0 Å². The van der Waals surface area contributed by atoms with Crippen LogP contribution in [0.15, 0.2) is 18.2 Å². The minimum atomic E-state index is 0.378. The molecular formula is C15H21NO2S. The van der Waals surface area contributed by atoms with Gasteiger partial charge in [0.1, 0.15) is 4.99 Å². The summed E-state index contributed by atoms with van der Waals surface area (Å²) in [6, 6.07) is 5.64. The standard InChI is InChI=1S/C15H21NO2S/c1-2-17-14-9-12(15(16)19)7-8-13(14)18-10-11-5-3-4-6-11/h7-9,11H,2-6,10H2,1H3,(H2,16,19). The SMILES string of the molecule is CCOc1cc(C(N)=S)ccc1OCC1CCCC1. The molecule has 1 saturated carbocycles. The Hall–Kier alpha value is -1.29. The molecular weight excluding hydrogens is 258 g/mol. The van der Waals surface area contributed by atoms with Crippen molar-refractivity contribution in [3.8, 4) is 11.5 Å². The molecule has 2 rings (SSSR count). The Morgan fingerprint density at radius 1 is 1.26 bits per heavy atom. The third-order valence-corrected chi connectivity index (χ3v) is 3.71. The molecule has 0 atom stereocenters. The van der Waals surface area contributed by atoms with E-state index in [2.05, 4.69) is 0 Å². The summed E-state index contributed by atoms with van der Waals surface area (Å²) >= 11 is 4.98. The summed E-state index contributed by atoms with van der Waals surface area (Å²) in [7, 11) is 0. The predicted octanol–water partition coefficient (Wildman–Crippen LogP) is 3.29. The van der Waals surface area contributed by atoms with Crippen molar-refractivity contribution in [3.05, 3.63) is 23.8 Å². The van der Waals surface area contributed by atoms with Gasteiger partial charge >= 0.3 is 0 Å². The molecule has 0 saturated heterocycles. The van der Waals surface area contributed by atoms with Crippen molar-refractivity contribution >= 4 is 17.2 Å². The normalized spacial score (nSPS) is 15.4. The van der Waals surface area contributed by atoms with Gasteiger partial charge < -0.3 is 15.2 Å². The molecule has 0 heterocycles. The minimum Gasteiger partial charge on any atom is -0.490 e. The van der Waals surface area contributed by atoms with E-state index in [9.17, 15) is 0 Å². The number of ether oxygens (including phenoxy) is 2. The molecule has 0 bridgehead atoms. The summed E-state index contributed by atoms with van der Waals surface area (Å²) in [6.07, 6.45) is 5.20. The van der Waals surface area contributed by atoms with Crippen LogP contribution in [0.4, 0.5) is 0 Å². The smallest absolute Gasteiger partial charge is 0.161 e. The van der Waals surface area contributed by atoms with Gasteiger partial charge in [0.15, 0.2) is 11.5 Å². The van der Waals surface area contributed by atoms with Gasteiger partial charge in [0.05, 0.1) is 13.2 Å². The van der Waals surface area contributed by atoms with Crippen molar-refractivity contribution in [2.75, 3.05) is 13.2 Å². The van der Waals surface area contributed by atoms with Gasteiger partial charge in [-0.25, -0.2) is 0 Å². The summed E-state index contributed by atoms with van der Waals surface area (Å²) in [4.78, 5) is 0.378. The number of nitrogens with two attached hydrogens (primary N) is 1. The fourth-order valence-corrected chi connectivity index (χ4v) is 2.56. The molecule has 1 aromatic carbocycles. The van der Waals surface area contributed by atoms with Crippen molar-refractivity contribution in [2.45, 2.75) is 32.6 Å². The molecule has 104 valence electrons. The quantitative estimate of drug-likeness (QED) is 0.812. The third-order valence-electron chi connectivity index (χ3n) is 3.48. The molecule has 4 heteroatoms. The number of thiocarbonyl (C=S) groups is 1. The summed E-state index contributed by atoms with van der Waals surface area (Å²) in [5, 5.41) is 0. The first-order chi connectivity index (χ1) is 9.20. The number of rotatable bonds is 6. The van der Waals surface area contributed by atoms with Gasteiger partial charge in [0.25, 0.3) is 0 Å². The molecule has 1 aromatic rings. The summed E-state index contributed by atoms with van der Waals surface area (Å²) in [5.41, 5.74) is 6.45.